The molecule has 0 saturated carbocycles. The maximum Gasteiger partial charge on any atom is 0.180 e. The number of nitrogens with zero attached hydrogens (tertiary/aromatic N) is 2. The van der Waals surface area contributed by atoms with Crippen LogP contribution in [0.1, 0.15) is 0 Å². The van der Waals surface area contributed by atoms with Crippen LogP contribution < -0.4 is 10.1 Å². The second-order valence-electron chi connectivity index (χ2n) is 4.26. The molecule has 6 heteroatoms. The van der Waals surface area contributed by atoms with Gasteiger partial charge in [-0.2, -0.15) is 0 Å². The molecule has 0 unspecified atom stereocenters. The number of imidazole rings is 1. The highest BCUT2D eigenvalue weighted by atomic mass is 16.5. The van der Waals surface area contributed by atoms with Crippen molar-refractivity contribution >= 4 is 17.0 Å². The number of H-pyrrole nitrogens is 1. The Kier molecular flexibility index (Phi) is 2.90. The molecule has 0 spiro atoms. The van der Waals surface area contributed by atoms with E-state index in [0.29, 0.717) is 22.8 Å². The van der Waals surface area contributed by atoms with Gasteiger partial charge in [0.1, 0.15) is 11.6 Å². The molecular weight excluding hydrogens is 256 g/mol. The van der Waals surface area contributed by atoms with Crippen molar-refractivity contribution < 1.29 is 9.84 Å². The number of phenols is 1. The zero-order valence-corrected chi connectivity index (χ0v) is 11.1. The van der Waals surface area contributed by atoms with E-state index in [1.165, 1.54) is 7.11 Å². The molecule has 1 aromatic carbocycles. The fourth-order valence-electron chi connectivity index (χ4n) is 2.04. The van der Waals surface area contributed by atoms with Crippen LogP contribution in [0, 0.1) is 0 Å². The molecule has 2 heterocycles. The fourth-order valence-corrected chi connectivity index (χ4v) is 2.04. The van der Waals surface area contributed by atoms with Gasteiger partial charge in [-0.15, -0.1) is 0 Å². The third-order valence-corrected chi connectivity index (χ3v) is 3.08. The average Bonchev–Trinajstić information content (AvgIpc) is 2.89. The lowest BCUT2D eigenvalue weighted by atomic mass is 10.2. The summed E-state index contributed by atoms with van der Waals surface area (Å²) in [6.07, 6.45) is 0. The molecule has 2 aromatic heterocycles. The van der Waals surface area contributed by atoms with Gasteiger partial charge in [0.25, 0.3) is 0 Å². The number of anilines is 1. The number of rotatable bonds is 3. The van der Waals surface area contributed by atoms with E-state index in [2.05, 4.69) is 20.3 Å². The molecule has 3 aromatic rings. The molecule has 0 aliphatic carbocycles. The molecule has 102 valence electrons. The van der Waals surface area contributed by atoms with Crippen LogP contribution in [0.15, 0.2) is 30.3 Å². The van der Waals surface area contributed by atoms with E-state index >= 15 is 0 Å². The first-order valence-corrected chi connectivity index (χ1v) is 6.14. The predicted molar refractivity (Wildman–Crippen MR) is 77.1 cm³/mol. The van der Waals surface area contributed by atoms with Crippen molar-refractivity contribution in [2.24, 2.45) is 0 Å². The number of nitrogens with one attached hydrogen (secondary N) is 2. The van der Waals surface area contributed by atoms with Crippen LogP contribution in [0.4, 0.5) is 5.82 Å². The Labute approximate surface area is 115 Å². The SMILES string of the molecule is CNc1ccc2[nH]c(-c3cccc(OC)c3O)nc2n1. The zero-order valence-electron chi connectivity index (χ0n) is 11.1. The Balaban J connectivity index is 2.15. The molecule has 0 fully saturated rings. The van der Waals surface area contributed by atoms with Crippen molar-refractivity contribution in [2.75, 3.05) is 19.5 Å². The second-order valence-corrected chi connectivity index (χ2v) is 4.26. The largest absolute Gasteiger partial charge is 0.504 e. The van der Waals surface area contributed by atoms with Crippen LogP contribution in [0.2, 0.25) is 0 Å². The number of phenolic OH excluding ortho intramolecular Hbond substituents is 1. The summed E-state index contributed by atoms with van der Waals surface area (Å²) in [6.45, 7) is 0. The molecule has 0 saturated heterocycles. The predicted octanol–water partition coefficient (Wildman–Crippen LogP) is 2.38. The van der Waals surface area contributed by atoms with E-state index in [1.807, 2.05) is 12.1 Å². The third-order valence-electron chi connectivity index (χ3n) is 3.08. The third kappa shape index (κ3) is 1.91. The molecule has 3 N–H and O–H groups in total. The Hall–Kier alpha value is -2.76. The Bertz CT molecular complexity index is 767. The fraction of sp³-hybridized carbons (Fsp3) is 0.143. The Morgan fingerprint density at radius 3 is 2.80 bits per heavy atom. The number of aromatic hydroxyl groups is 1. The van der Waals surface area contributed by atoms with Crippen LogP contribution in [-0.4, -0.2) is 34.2 Å². The summed E-state index contributed by atoms with van der Waals surface area (Å²) in [5.41, 5.74) is 1.98. The summed E-state index contributed by atoms with van der Waals surface area (Å²) < 4.78 is 5.10. The lowest BCUT2D eigenvalue weighted by Gasteiger charge is -2.06. The summed E-state index contributed by atoms with van der Waals surface area (Å²) >= 11 is 0. The molecule has 0 amide bonds. The highest BCUT2D eigenvalue weighted by Gasteiger charge is 2.13. The van der Waals surface area contributed by atoms with Gasteiger partial charge in [-0.05, 0) is 24.3 Å². The van der Waals surface area contributed by atoms with Crippen LogP contribution >= 0.6 is 0 Å². The number of benzene rings is 1. The minimum absolute atomic E-state index is 0.0582. The Morgan fingerprint density at radius 2 is 2.05 bits per heavy atom. The van der Waals surface area contributed by atoms with E-state index in [-0.39, 0.29) is 5.75 Å². The van der Waals surface area contributed by atoms with Gasteiger partial charge in [0.2, 0.25) is 0 Å². The van der Waals surface area contributed by atoms with Gasteiger partial charge < -0.3 is 20.1 Å². The van der Waals surface area contributed by atoms with E-state index in [4.69, 9.17) is 4.74 Å². The average molecular weight is 270 g/mol. The first-order valence-electron chi connectivity index (χ1n) is 6.14. The number of aromatic nitrogens is 3. The molecule has 0 radical (unpaired) electrons. The topological polar surface area (TPSA) is 83.1 Å². The number of aromatic amines is 1. The zero-order chi connectivity index (χ0) is 14.1. The highest BCUT2D eigenvalue weighted by molar-refractivity contribution is 5.79. The van der Waals surface area contributed by atoms with Crippen LogP contribution in [0.3, 0.4) is 0 Å². The maximum absolute atomic E-state index is 10.2. The van der Waals surface area contributed by atoms with E-state index in [0.717, 1.165) is 11.3 Å². The van der Waals surface area contributed by atoms with Gasteiger partial charge in [-0.25, -0.2) is 9.97 Å². The normalized spacial score (nSPS) is 10.7. The van der Waals surface area contributed by atoms with Gasteiger partial charge in [0.15, 0.2) is 17.1 Å². The molecular formula is C14H14N4O2. The number of hydrogen-bond donors (Lipinski definition) is 3. The summed E-state index contributed by atoms with van der Waals surface area (Å²) in [4.78, 5) is 11.9. The van der Waals surface area contributed by atoms with Crippen molar-refractivity contribution in [1.82, 2.24) is 15.0 Å². The number of para-hydroxylation sites is 1. The van der Waals surface area contributed by atoms with Gasteiger partial charge in [0.05, 0.1) is 18.2 Å². The molecule has 0 atom stereocenters. The van der Waals surface area contributed by atoms with Gasteiger partial charge in [0, 0.05) is 7.05 Å². The summed E-state index contributed by atoms with van der Waals surface area (Å²) in [5, 5.41) is 13.1. The molecule has 0 bridgehead atoms. The number of fused-ring (bicyclic) bond motifs is 1. The number of hydrogen-bond acceptors (Lipinski definition) is 5. The number of methoxy groups -OCH3 is 1. The van der Waals surface area contributed by atoms with Gasteiger partial charge >= 0.3 is 0 Å². The first-order chi connectivity index (χ1) is 9.72. The monoisotopic (exact) mass is 270 g/mol. The molecule has 6 nitrogen and oxygen atoms in total. The highest BCUT2D eigenvalue weighted by Crippen LogP contribution is 2.35. The summed E-state index contributed by atoms with van der Waals surface area (Å²) in [5.74, 6) is 1.76. The minimum atomic E-state index is 0.0582. The first kappa shape index (κ1) is 12.3. The van der Waals surface area contributed by atoms with Crippen molar-refractivity contribution in [3.8, 4) is 22.9 Å². The maximum atomic E-state index is 10.2. The number of ether oxygens (including phenoxy) is 1. The quantitative estimate of drug-likeness (QED) is 0.680. The summed E-state index contributed by atoms with van der Waals surface area (Å²) in [6, 6.07) is 9.01. The van der Waals surface area contributed by atoms with Crippen molar-refractivity contribution in [3.63, 3.8) is 0 Å². The lowest BCUT2D eigenvalue weighted by molar-refractivity contribution is 0.374. The van der Waals surface area contributed by atoms with Crippen molar-refractivity contribution in [3.05, 3.63) is 30.3 Å². The van der Waals surface area contributed by atoms with E-state index in [9.17, 15) is 5.11 Å². The van der Waals surface area contributed by atoms with Crippen molar-refractivity contribution in [2.45, 2.75) is 0 Å². The second kappa shape index (κ2) is 4.73. The van der Waals surface area contributed by atoms with Crippen LogP contribution in [0.25, 0.3) is 22.6 Å². The molecule has 20 heavy (non-hydrogen) atoms. The smallest absolute Gasteiger partial charge is 0.180 e. The molecule has 3 rings (SSSR count). The summed E-state index contributed by atoms with van der Waals surface area (Å²) in [7, 11) is 3.31. The lowest BCUT2D eigenvalue weighted by Crippen LogP contribution is -1.91. The number of pyridine rings is 1. The van der Waals surface area contributed by atoms with Crippen LogP contribution in [-0.2, 0) is 0 Å². The standard InChI is InChI=1S/C14H14N4O2/c1-15-11-7-6-9-14(17-11)18-13(16-9)8-4-3-5-10(20-2)12(8)19/h3-7,19H,1-2H3,(H2,15,16,17,18). The van der Waals surface area contributed by atoms with Gasteiger partial charge in [-0.1, -0.05) is 6.07 Å². The van der Waals surface area contributed by atoms with Gasteiger partial charge in [-0.3, -0.25) is 0 Å². The molecule has 0 aliphatic heterocycles. The van der Waals surface area contributed by atoms with Crippen LogP contribution in [0.5, 0.6) is 11.5 Å². The molecule has 0 aliphatic rings. The Morgan fingerprint density at radius 1 is 1.20 bits per heavy atom. The van der Waals surface area contributed by atoms with Crippen molar-refractivity contribution in [1.29, 1.82) is 0 Å². The van der Waals surface area contributed by atoms with E-state index < -0.39 is 0 Å². The minimum Gasteiger partial charge on any atom is -0.504 e. The van der Waals surface area contributed by atoms with E-state index in [1.54, 1.807) is 25.2 Å².